The lowest BCUT2D eigenvalue weighted by Crippen LogP contribution is -2.15. The molecule has 2 nitrogen and oxygen atoms in total. The van der Waals surface area contributed by atoms with E-state index in [9.17, 15) is 0 Å². The summed E-state index contributed by atoms with van der Waals surface area (Å²) < 4.78 is 0. The van der Waals surface area contributed by atoms with Crippen LogP contribution >= 0.6 is 0 Å². The molecule has 98 valence electrons. The molecule has 3 rings (SSSR count). The summed E-state index contributed by atoms with van der Waals surface area (Å²) in [5.74, 6) is 0. The first-order chi connectivity index (χ1) is 9.22. The average Bonchev–Trinajstić information content (AvgIpc) is 3.23. The molecule has 0 atom stereocenters. The first-order valence-electron chi connectivity index (χ1n) is 6.98. The Morgan fingerprint density at radius 3 is 2.68 bits per heavy atom. The molecule has 0 amide bonds. The zero-order chi connectivity index (χ0) is 13.2. The van der Waals surface area contributed by atoms with Gasteiger partial charge < -0.3 is 5.32 Å². The molecule has 1 heterocycles. The summed E-state index contributed by atoms with van der Waals surface area (Å²) in [5.41, 5.74) is 6.22. The smallest absolute Gasteiger partial charge is 0.0373 e. The topological polar surface area (TPSA) is 24.9 Å². The van der Waals surface area contributed by atoms with Crippen molar-refractivity contribution in [1.82, 2.24) is 10.3 Å². The van der Waals surface area contributed by atoms with Crippen molar-refractivity contribution in [3.05, 3.63) is 53.3 Å². The first kappa shape index (κ1) is 12.4. The summed E-state index contributed by atoms with van der Waals surface area (Å²) in [7, 11) is 0. The molecule has 1 N–H and O–H groups in total. The van der Waals surface area contributed by atoms with E-state index in [0.29, 0.717) is 0 Å². The van der Waals surface area contributed by atoms with Gasteiger partial charge in [-0.25, -0.2) is 0 Å². The summed E-state index contributed by atoms with van der Waals surface area (Å²) in [6.45, 7) is 5.15. The third-order valence-corrected chi connectivity index (χ3v) is 3.70. The molecule has 1 aliphatic rings. The zero-order valence-corrected chi connectivity index (χ0v) is 11.6. The fourth-order valence-corrected chi connectivity index (χ4v) is 2.27. The van der Waals surface area contributed by atoms with Crippen molar-refractivity contribution in [2.45, 2.75) is 39.3 Å². The molecule has 0 radical (unpaired) electrons. The highest BCUT2D eigenvalue weighted by atomic mass is 14.9. The molecular weight excluding hydrogens is 232 g/mol. The van der Waals surface area contributed by atoms with Crippen LogP contribution in [-0.4, -0.2) is 11.0 Å². The van der Waals surface area contributed by atoms with Gasteiger partial charge in [0.05, 0.1) is 0 Å². The Hall–Kier alpha value is -1.67. The lowest BCUT2D eigenvalue weighted by molar-refractivity contribution is 0.688. The Labute approximate surface area is 114 Å². The van der Waals surface area contributed by atoms with Crippen LogP contribution in [0.5, 0.6) is 0 Å². The lowest BCUT2D eigenvalue weighted by atomic mass is 9.99. The molecule has 2 aromatic rings. The number of pyridine rings is 1. The van der Waals surface area contributed by atoms with Crippen molar-refractivity contribution < 1.29 is 0 Å². The molecule has 0 bridgehead atoms. The second-order valence-electron chi connectivity index (χ2n) is 5.49. The van der Waals surface area contributed by atoms with Crippen LogP contribution in [0.15, 0.2) is 36.5 Å². The molecular formula is C17H20N2. The summed E-state index contributed by atoms with van der Waals surface area (Å²) in [6, 6.07) is 11.7. The third-order valence-electron chi connectivity index (χ3n) is 3.70. The second-order valence-corrected chi connectivity index (χ2v) is 5.49. The zero-order valence-electron chi connectivity index (χ0n) is 11.6. The van der Waals surface area contributed by atoms with Crippen molar-refractivity contribution >= 4 is 0 Å². The maximum atomic E-state index is 4.39. The average molecular weight is 252 g/mol. The van der Waals surface area contributed by atoms with Crippen LogP contribution in [0.25, 0.3) is 11.1 Å². The number of hydrogen-bond acceptors (Lipinski definition) is 2. The summed E-state index contributed by atoms with van der Waals surface area (Å²) in [6.07, 6.45) is 4.64. The van der Waals surface area contributed by atoms with Crippen LogP contribution in [-0.2, 0) is 6.54 Å². The Morgan fingerprint density at radius 2 is 2.00 bits per heavy atom. The number of aromatic nitrogens is 1. The highest BCUT2D eigenvalue weighted by Crippen LogP contribution is 2.25. The minimum absolute atomic E-state index is 0.755. The van der Waals surface area contributed by atoms with Crippen LogP contribution < -0.4 is 5.32 Å². The maximum Gasteiger partial charge on any atom is 0.0373 e. The van der Waals surface area contributed by atoms with Gasteiger partial charge in [0.15, 0.2) is 0 Å². The van der Waals surface area contributed by atoms with Gasteiger partial charge in [0, 0.05) is 30.0 Å². The molecule has 0 aliphatic heterocycles. The number of rotatable bonds is 4. The van der Waals surface area contributed by atoms with E-state index in [2.05, 4.69) is 47.6 Å². The van der Waals surface area contributed by atoms with Gasteiger partial charge in [0.2, 0.25) is 0 Å². The summed E-state index contributed by atoms with van der Waals surface area (Å²) >= 11 is 0. The molecule has 1 aliphatic carbocycles. The van der Waals surface area contributed by atoms with E-state index >= 15 is 0 Å². The van der Waals surface area contributed by atoms with Gasteiger partial charge in [-0.05, 0) is 55.5 Å². The predicted molar refractivity (Wildman–Crippen MR) is 79.0 cm³/mol. The number of aryl methyl sites for hydroxylation is 2. The monoisotopic (exact) mass is 252 g/mol. The van der Waals surface area contributed by atoms with Gasteiger partial charge in [-0.2, -0.15) is 0 Å². The third kappa shape index (κ3) is 3.02. The van der Waals surface area contributed by atoms with Crippen LogP contribution in [0.2, 0.25) is 0 Å². The Morgan fingerprint density at radius 1 is 1.16 bits per heavy atom. The SMILES string of the molecule is Cc1ccc(-c2cc(CNC3CC3)ccc2C)cn1. The van der Waals surface area contributed by atoms with Crippen LogP contribution in [0.4, 0.5) is 0 Å². The fraction of sp³-hybridized carbons (Fsp3) is 0.353. The molecule has 0 spiro atoms. The summed E-state index contributed by atoms with van der Waals surface area (Å²) in [4.78, 5) is 4.39. The fourth-order valence-electron chi connectivity index (χ4n) is 2.27. The quantitative estimate of drug-likeness (QED) is 0.899. The normalized spacial score (nSPS) is 14.6. The van der Waals surface area contributed by atoms with Crippen LogP contribution in [0, 0.1) is 13.8 Å². The van der Waals surface area contributed by atoms with E-state index < -0.39 is 0 Å². The Balaban J connectivity index is 1.85. The highest BCUT2D eigenvalue weighted by molar-refractivity contribution is 5.67. The molecule has 0 unspecified atom stereocenters. The number of nitrogens with one attached hydrogen (secondary N) is 1. The molecule has 2 heteroatoms. The van der Waals surface area contributed by atoms with Gasteiger partial charge in [-0.3, -0.25) is 4.98 Å². The molecule has 19 heavy (non-hydrogen) atoms. The van der Waals surface area contributed by atoms with Gasteiger partial charge in [0.25, 0.3) is 0 Å². The minimum Gasteiger partial charge on any atom is -0.310 e. The van der Waals surface area contributed by atoms with Gasteiger partial charge in [0.1, 0.15) is 0 Å². The maximum absolute atomic E-state index is 4.39. The molecule has 1 saturated carbocycles. The van der Waals surface area contributed by atoms with Crippen LogP contribution in [0.3, 0.4) is 0 Å². The van der Waals surface area contributed by atoms with E-state index in [1.54, 1.807) is 0 Å². The largest absolute Gasteiger partial charge is 0.310 e. The van der Waals surface area contributed by atoms with E-state index in [4.69, 9.17) is 0 Å². The van der Waals surface area contributed by atoms with E-state index in [0.717, 1.165) is 18.3 Å². The van der Waals surface area contributed by atoms with Gasteiger partial charge in [-0.15, -0.1) is 0 Å². The molecule has 1 aromatic carbocycles. The lowest BCUT2D eigenvalue weighted by Gasteiger charge is -2.10. The van der Waals surface area contributed by atoms with E-state index in [1.165, 1.54) is 35.1 Å². The van der Waals surface area contributed by atoms with Gasteiger partial charge in [-0.1, -0.05) is 18.2 Å². The van der Waals surface area contributed by atoms with E-state index in [-0.39, 0.29) is 0 Å². The van der Waals surface area contributed by atoms with E-state index in [1.807, 2.05) is 13.1 Å². The number of nitrogens with zero attached hydrogens (tertiary/aromatic N) is 1. The van der Waals surface area contributed by atoms with Crippen LogP contribution in [0.1, 0.15) is 29.7 Å². The van der Waals surface area contributed by atoms with Crippen molar-refractivity contribution in [2.24, 2.45) is 0 Å². The first-order valence-corrected chi connectivity index (χ1v) is 6.98. The van der Waals surface area contributed by atoms with Gasteiger partial charge >= 0.3 is 0 Å². The predicted octanol–water partition coefficient (Wildman–Crippen LogP) is 3.62. The molecule has 1 fully saturated rings. The van der Waals surface area contributed by atoms with Crippen molar-refractivity contribution in [2.75, 3.05) is 0 Å². The van der Waals surface area contributed by atoms with Crippen molar-refractivity contribution in [1.29, 1.82) is 0 Å². The standard InChI is InChI=1S/C17H20N2/c1-12-3-5-14(10-19-16-7-8-16)9-17(12)15-6-4-13(2)18-11-15/h3-6,9,11,16,19H,7-8,10H2,1-2H3. The minimum atomic E-state index is 0.755. The highest BCUT2D eigenvalue weighted by Gasteiger charge is 2.19. The number of benzene rings is 1. The number of hydrogen-bond donors (Lipinski definition) is 1. The second kappa shape index (κ2) is 5.14. The van der Waals surface area contributed by atoms with Crippen molar-refractivity contribution in [3.8, 4) is 11.1 Å². The van der Waals surface area contributed by atoms with Crippen molar-refractivity contribution in [3.63, 3.8) is 0 Å². The Kier molecular flexibility index (Phi) is 3.34. The Bertz CT molecular complexity index is 568. The summed E-state index contributed by atoms with van der Waals surface area (Å²) in [5, 5.41) is 3.56. The molecule has 1 aromatic heterocycles. The molecule has 0 saturated heterocycles.